The molecule has 5 aliphatic rings. The molecule has 4 aliphatic carbocycles. The molecule has 1 N–H and O–H groups in total. The lowest BCUT2D eigenvalue weighted by Gasteiger charge is -2.58. The van der Waals surface area contributed by atoms with Crippen molar-refractivity contribution in [3.8, 4) is 0 Å². The summed E-state index contributed by atoms with van der Waals surface area (Å²) in [5, 5.41) is 10.7. The summed E-state index contributed by atoms with van der Waals surface area (Å²) in [5.74, 6) is 3.33. The highest BCUT2D eigenvalue weighted by atomic mass is 16.3. The van der Waals surface area contributed by atoms with Gasteiger partial charge in [0.2, 0.25) is 0 Å². The van der Waals surface area contributed by atoms with Crippen LogP contribution in [0, 0.1) is 34.5 Å². The Morgan fingerprint density at radius 2 is 1.86 bits per heavy atom. The predicted octanol–water partition coefficient (Wildman–Crippen LogP) is 5.31. The maximum Gasteiger partial charge on any atom is 0.251 e. The molecule has 3 saturated carbocycles. The number of allylic oxidation sites excluding steroid dienone is 1. The molecule has 1 aromatic carbocycles. The minimum Gasteiger partial charge on any atom is -0.383 e. The van der Waals surface area contributed by atoms with Gasteiger partial charge in [0.25, 0.3) is 5.91 Å². The Morgan fingerprint density at radius 3 is 2.64 bits per heavy atom. The summed E-state index contributed by atoms with van der Waals surface area (Å²) in [6.45, 7) is 6.36. The van der Waals surface area contributed by atoms with Crippen LogP contribution in [0.15, 0.2) is 42.0 Å². The van der Waals surface area contributed by atoms with Crippen LogP contribution in [0.5, 0.6) is 0 Å². The van der Waals surface area contributed by atoms with Gasteiger partial charge in [-0.25, -0.2) is 0 Å². The number of rotatable bonds is 4. The fraction of sp³-hybridized carbons (Fsp3) is 0.719. The van der Waals surface area contributed by atoms with E-state index in [1.807, 2.05) is 42.3 Å². The number of likely N-dealkylation sites (tertiary alicyclic amines) is 1. The summed E-state index contributed by atoms with van der Waals surface area (Å²) in [6.07, 6.45) is 12.2. The van der Waals surface area contributed by atoms with Gasteiger partial charge in [0.15, 0.2) is 0 Å². The second-order valence-electron chi connectivity index (χ2n) is 13.4. The summed E-state index contributed by atoms with van der Waals surface area (Å²) in [6, 6.07) is 10.8. The van der Waals surface area contributed by atoms with Crippen LogP contribution in [0.1, 0.15) is 70.8 Å². The van der Waals surface area contributed by atoms with Crippen LogP contribution >= 0.6 is 0 Å². The van der Waals surface area contributed by atoms with Gasteiger partial charge < -0.3 is 14.9 Å². The van der Waals surface area contributed by atoms with E-state index >= 15 is 0 Å². The number of carbonyl (C=O) groups excluding carboxylic acids is 1. The van der Waals surface area contributed by atoms with Crippen molar-refractivity contribution in [1.82, 2.24) is 9.80 Å². The lowest BCUT2D eigenvalue weighted by atomic mass is 9.47. The van der Waals surface area contributed by atoms with Crippen LogP contribution < -0.4 is 0 Å². The molecule has 0 aromatic heterocycles. The van der Waals surface area contributed by atoms with Crippen LogP contribution in [0.3, 0.4) is 0 Å². The third kappa shape index (κ3) is 3.65. The van der Waals surface area contributed by atoms with Crippen molar-refractivity contribution in [2.75, 3.05) is 20.6 Å². The van der Waals surface area contributed by atoms with Gasteiger partial charge in [0.05, 0.1) is 0 Å². The molecular formula is C32H46N2O2. The van der Waals surface area contributed by atoms with E-state index in [4.69, 9.17) is 0 Å². The zero-order valence-electron chi connectivity index (χ0n) is 22.8. The first kappa shape index (κ1) is 24.7. The fourth-order valence-corrected chi connectivity index (χ4v) is 10.1. The number of aliphatic hydroxyl groups is 1. The van der Waals surface area contributed by atoms with Gasteiger partial charge in [0, 0.05) is 32.1 Å². The number of aliphatic hydroxyl groups excluding tert-OH is 1. The van der Waals surface area contributed by atoms with Crippen molar-refractivity contribution in [3.05, 3.63) is 47.5 Å². The van der Waals surface area contributed by atoms with Gasteiger partial charge in [-0.2, -0.15) is 0 Å². The molecule has 1 amide bonds. The normalized spacial score (nSPS) is 42.5. The number of fused-ring (bicyclic) bond motifs is 4. The van der Waals surface area contributed by atoms with Gasteiger partial charge in [0.1, 0.15) is 6.10 Å². The molecule has 1 unspecified atom stereocenters. The highest BCUT2D eigenvalue weighted by molar-refractivity contribution is 5.81. The highest BCUT2D eigenvalue weighted by Crippen LogP contribution is 2.68. The zero-order chi connectivity index (χ0) is 25.2. The molecule has 1 saturated heterocycles. The first-order chi connectivity index (χ1) is 17.2. The third-order valence-electron chi connectivity index (χ3n) is 12.1. The molecule has 9 atom stereocenters. The number of nitrogens with zero attached hydrogens (tertiary/aromatic N) is 2. The summed E-state index contributed by atoms with van der Waals surface area (Å²) >= 11 is 0. The van der Waals surface area contributed by atoms with Crippen molar-refractivity contribution in [2.45, 2.75) is 89.8 Å². The molecule has 0 bridgehead atoms. The lowest BCUT2D eigenvalue weighted by Crippen LogP contribution is -2.53. The Hall–Kier alpha value is -1.65. The minimum atomic E-state index is -0.966. The maximum atomic E-state index is 13.2. The van der Waals surface area contributed by atoms with Gasteiger partial charge in [-0.15, -0.1) is 0 Å². The number of benzene rings is 1. The van der Waals surface area contributed by atoms with Crippen molar-refractivity contribution in [1.29, 1.82) is 0 Å². The molecule has 4 heteroatoms. The largest absolute Gasteiger partial charge is 0.383 e. The molecule has 4 fully saturated rings. The number of hydrogen-bond acceptors (Lipinski definition) is 3. The number of carbonyl (C=O) groups is 1. The standard InChI is InChI=1S/C32H46N2O2/c1-21-26-12-13-28-25-11-10-23-19-24(34(4)30(36)29(35)18-22-8-6-5-7-9-22)14-16-31(23,2)27(25)15-17-32(26,28)20-33(21)3/h5-10,21,24-29,35H,11-20H2,1-4H3/t21-,24-,25+,26+,27?,28-,29-,31-,32-/m0/s1. The van der Waals surface area contributed by atoms with Crippen molar-refractivity contribution < 1.29 is 9.90 Å². The van der Waals surface area contributed by atoms with Crippen LogP contribution in [-0.2, 0) is 11.2 Å². The van der Waals surface area contributed by atoms with Crippen LogP contribution in [-0.4, -0.2) is 59.6 Å². The smallest absolute Gasteiger partial charge is 0.251 e. The first-order valence-electron chi connectivity index (χ1n) is 14.6. The van der Waals surface area contributed by atoms with Gasteiger partial charge in [-0.1, -0.05) is 48.9 Å². The molecule has 6 rings (SSSR count). The lowest BCUT2D eigenvalue weighted by molar-refractivity contribution is -0.142. The SMILES string of the molecule is C[C@H]1[C@H]2CC[C@H]3[C@@H]4CC=C5C[C@@H](N(C)C(=O)[C@@H](O)Cc6ccccc6)CC[C@]5(C)C4CC[C@]23CN1C. The molecule has 1 spiro atoms. The topological polar surface area (TPSA) is 43.8 Å². The second-order valence-corrected chi connectivity index (χ2v) is 13.4. The van der Waals surface area contributed by atoms with Gasteiger partial charge >= 0.3 is 0 Å². The zero-order valence-corrected chi connectivity index (χ0v) is 22.8. The Labute approximate surface area is 218 Å². The first-order valence-corrected chi connectivity index (χ1v) is 14.6. The summed E-state index contributed by atoms with van der Waals surface area (Å²) < 4.78 is 0. The van der Waals surface area contributed by atoms with Crippen LogP contribution in [0.2, 0.25) is 0 Å². The van der Waals surface area contributed by atoms with E-state index in [0.29, 0.717) is 17.3 Å². The minimum absolute atomic E-state index is 0.127. The van der Waals surface area contributed by atoms with Crippen LogP contribution in [0.25, 0.3) is 0 Å². The maximum absolute atomic E-state index is 13.2. The molecular weight excluding hydrogens is 444 g/mol. The van der Waals surface area contributed by atoms with Gasteiger partial charge in [-0.05, 0) is 105 Å². The Balaban J connectivity index is 1.16. The quantitative estimate of drug-likeness (QED) is 0.582. The van der Waals surface area contributed by atoms with E-state index in [1.54, 1.807) is 5.57 Å². The molecule has 0 radical (unpaired) electrons. The number of amides is 1. The van der Waals surface area contributed by atoms with E-state index in [1.165, 1.54) is 45.1 Å². The molecule has 1 aromatic rings. The summed E-state index contributed by atoms with van der Waals surface area (Å²) in [4.78, 5) is 17.7. The highest BCUT2D eigenvalue weighted by Gasteiger charge is 2.64. The van der Waals surface area contributed by atoms with Crippen molar-refractivity contribution in [3.63, 3.8) is 0 Å². The van der Waals surface area contributed by atoms with E-state index in [0.717, 1.165) is 48.1 Å². The fourth-order valence-electron chi connectivity index (χ4n) is 10.1. The molecule has 1 aliphatic heterocycles. The molecule has 36 heavy (non-hydrogen) atoms. The molecule has 4 nitrogen and oxygen atoms in total. The third-order valence-corrected chi connectivity index (χ3v) is 12.1. The Kier molecular flexibility index (Phi) is 6.15. The molecule has 196 valence electrons. The van der Waals surface area contributed by atoms with E-state index in [-0.39, 0.29) is 11.9 Å². The summed E-state index contributed by atoms with van der Waals surface area (Å²) in [7, 11) is 4.27. The number of hydrogen-bond donors (Lipinski definition) is 1. The van der Waals surface area contributed by atoms with E-state index < -0.39 is 6.10 Å². The van der Waals surface area contributed by atoms with E-state index in [9.17, 15) is 9.90 Å². The van der Waals surface area contributed by atoms with Crippen LogP contribution in [0.4, 0.5) is 0 Å². The monoisotopic (exact) mass is 490 g/mol. The summed E-state index contributed by atoms with van der Waals surface area (Å²) in [5.41, 5.74) is 3.49. The number of likely N-dealkylation sites (N-methyl/N-ethyl adjacent to an activating group) is 1. The average molecular weight is 491 g/mol. The molecule has 1 heterocycles. The Morgan fingerprint density at radius 1 is 1.11 bits per heavy atom. The second kappa shape index (κ2) is 8.98. The van der Waals surface area contributed by atoms with E-state index in [2.05, 4.69) is 31.9 Å². The average Bonchev–Trinajstić information content (AvgIpc) is 3.36. The predicted molar refractivity (Wildman–Crippen MR) is 144 cm³/mol. The Bertz CT molecular complexity index is 1020. The van der Waals surface area contributed by atoms with Crippen molar-refractivity contribution in [2.24, 2.45) is 34.5 Å². The van der Waals surface area contributed by atoms with Crippen molar-refractivity contribution >= 4 is 5.91 Å². The van der Waals surface area contributed by atoms with Gasteiger partial charge in [-0.3, -0.25) is 4.79 Å².